The first-order valence-corrected chi connectivity index (χ1v) is 9.49. The van der Waals surface area contributed by atoms with Crippen LogP contribution in [0.25, 0.3) is 0 Å². The van der Waals surface area contributed by atoms with Gasteiger partial charge in [0.05, 0.1) is 0 Å². The van der Waals surface area contributed by atoms with E-state index in [0.29, 0.717) is 12.1 Å². The Morgan fingerprint density at radius 1 is 0.600 bits per heavy atom. The zero-order valence-electron chi connectivity index (χ0n) is 15.7. The van der Waals surface area contributed by atoms with Gasteiger partial charge in [0.2, 0.25) is 0 Å². The van der Waals surface area contributed by atoms with E-state index in [1.54, 1.807) is 0 Å². The lowest BCUT2D eigenvalue weighted by Crippen LogP contribution is -2.38. The summed E-state index contributed by atoms with van der Waals surface area (Å²) in [6, 6.07) is 22.4. The molecule has 0 aliphatic carbocycles. The molecule has 0 saturated carbocycles. The Morgan fingerprint density at radius 3 is 1.40 bits per heavy atom. The Kier molecular flexibility index (Phi) is 9.27. The Bertz CT molecular complexity index is 504. The molecule has 0 aliphatic heterocycles. The first kappa shape index (κ1) is 19.6. The molecule has 0 radical (unpaired) electrons. The van der Waals surface area contributed by atoms with Gasteiger partial charge in [0, 0.05) is 38.3 Å². The van der Waals surface area contributed by atoms with Crippen molar-refractivity contribution in [3.8, 4) is 0 Å². The predicted molar refractivity (Wildman–Crippen MR) is 108 cm³/mol. The van der Waals surface area contributed by atoms with Gasteiger partial charge < -0.3 is 16.0 Å². The highest BCUT2D eigenvalue weighted by Gasteiger charge is 2.03. The first-order chi connectivity index (χ1) is 12.2. The fraction of sp³-hybridized carbons (Fsp3) is 0.455. The second-order valence-corrected chi connectivity index (χ2v) is 6.84. The van der Waals surface area contributed by atoms with Crippen LogP contribution in [0.5, 0.6) is 0 Å². The van der Waals surface area contributed by atoms with Gasteiger partial charge in [-0.05, 0) is 37.8 Å². The normalized spacial score (nSPS) is 13.5. The van der Waals surface area contributed by atoms with Crippen molar-refractivity contribution in [2.24, 2.45) is 0 Å². The minimum atomic E-state index is 0.508. The zero-order valence-corrected chi connectivity index (χ0v) is 15.7. The van der Waals surface area contributed by atoms with Crippen molar-refractivity contribution in [1.82, 2.24) is 16.0 Å². The molecule has 3 heteroatoms. The third-order valence-corrected chi connectivity index (χ3v) is 4.36. The molecule has 3 nitrogen and oxygen atoms in total. The summed E-state index contributed by atoms with van der Waals surface area (Å²) in [4.78, 5) is 0. The minimum Gasteiger partial charge on any atom is -0.314 e. The van der Waals surface area contributed by atoms with E-state index < -0.39 is 0 Å². The van der Waals surface area contributed by atoms with E-state index in [9.17, 15) is 0 Å². The molecule has 2 unspecified atom stereocenters. The highest BCUT2D eigenvalue weighted by atomic mass is 15.0. The van der Waals surface area contributed by atoms with Crippen LogP contribution in [-0.2, 0) is 12.8 Å². The van der Waals surface area contributed by atoms with Crippen LogP contribution in [-0.4, -0.2) is 38.3 Å². The standard InChI is InChI=1S/C22H33N3/c1-19(17-21-9-5-3-6-10-21)24-15-13-23-14-16-25-20(2)18-22-11-7-4-8-12-22/h3-12,19-20,23-25H,13-18H2,1-2H3. The lowest BCUT2D eigenvalue weighted by atomic mass is 10.1. The Hall–Kier alpha value is -1.68. The van der Waals surface area contributed by atoms with Gasteiger partial charge in [-0.15, -0.1) is 0 Å². The average Bonchev–Trinajstić information content (AvgIpc) is 2.62. The molecular weight excluding hydrogens is 306 g/mol. The molecule has 0 saturated heterocycles. The highest BCUT2D eigenvalue weighted by molar-refractivity contribution is 5.16. The third-order valence-electron chi connectivity index (χ3n) is 4.36. The maximum Gasteiger partial charge on any atom is 0.00796 e. The van der Waals surface area contributed by atoms with Crippen LogP contribution < -0.4 is 16.0 Å². The number of hydrogen-bond acceptors (Lipinski definition) is 3. The molecule has 2 rings (SSSR count). The number of hydrogen-bond donors (Lipinski definition) is 3. The Morgan fingerprint density at radius 2 is 1.00 bits per heavy atom. The molecule has 3 N–H and O–H groups in total. The maximum atomic E-state index is 3.58. The van der Waals surface area contributed by atoms with E-state index in [2.05, 4.69) is 90.5 Å². The molecule has 0 amide bonds. The second kappa shape index (κ2) is 11.8. The second-order valence-electron chi connectivity index (χ2n) is 6.84. The van der Waals surface area contributed by atoms with Gasteiger partial charge in [0.1, 0.15) is 0 Å². The molecule has 0 spiro atoms. The largest absolute Gasteiger partial charge is 0.314 e. The zero-order chi connectivity index (χ0) is 17.7. The molecule has 0 bridgehead atoms. The summed E-state index contributed by atoms with van der Waals surface area (Å²) in [7, 11) is 0. The van der Waals surface area contributed by atoms with Crippen LogP contribution in [0.3, 0.4) is 0 Å². The van der Waals surface area contributed by atoms with Crippen molar-refractivity contribution in [1.29, 1.82) is 0 Å². The molecular formula is C22H33N3. The lowest BCUT2D eigenvalue weighted by molar-refractivity contribution is 0.501. The number of nitrogens with one attached hydrogen (secondary N) is 3. The van der Waals surface area contributed by atoms with Crippen LogP contribution in [0.1, 0.15) is 25.0 Å². The average molecular weight is 340 g/mol. The smallest absolute Gasteiger partial charge is 0.00796 e. The monoisotopic (exact) mass is 339 g/mol. The molecule has 0 aliphatic rings. The first-order valence-electron chi connectivity index (χ1n) is 9.49. The molecule has 0 aromatic heterocycles. The van der Waals surface area contributed by atoms with Gasteiger partial charge in [-0.2, -0.15) is 0 Å². The van der Waals surface area contributed by atoms with E-state index in [-0.39, 0.29) is 0 Å². The van der Waals surface area contributed by atoms with Crippen LogP contribution in [0, 0.1) is 0 Å². The van der Waals surface area contributed by atoms with Gasteiger partial charge in [-0.1, -0.05) is 60.7 Å². The summed E-state index contributed by atoms with van der Waals surface area (Å²) < 4.78 is 0. The fourth-order valence-corrected chi connectivity index (χ4v) is 3.02. The third kappa shape index (κ3) is 8.82. The van der Waals surface area contributed by atoms with Crippen LogP contribution in [0.4, 0.5) is 0 Å². The summed E-state index contributed by atoms with van der Waals surface area (Å²) in [5.41, 5.74) is 2.79. The minimum absolute atomic E-state index is 0.508. The molecule has 2 atom stereocenters. The molecule has 136 valence electrons. The summed E-state index contributed by atoms with van der Waals surface area (Å²) >= 11 is 0. The lowest BCUT2D eigenvalue weighted by Gasteiger charge is -2.16. The van der Waals surface area contributed by atoms with Crippen molar-refractivity contribution in [2.75, 3.05) is 26.2 Å². The van der Waals surface area contributed by atoms with E-state index in [1.807, 2.05) is 0 Å². The van der Waals surface area contributed by atoms with Crippen LogP contribution in [0.15, 0.2) is 60.7 Å². The summed E-state index contributed by atoms with van der Waals surface area (Å²) in [6.45, 7) is 8.53. The topological polar surface area (TPSA) is 36.1 Å². The predicted octanol–water partition coefficient (Wildman–Crippen LogP) is 3.02. The summed E-state index contributed by atoms with van der Waals surface area (Å²) in [5.74, 6) is 0. The molecule has 2 aromatic carbocycles. The van der Waals surface area contributed by atoms with E-state index in [4.69, 9.17) is 0 Å². The van der Waals surface area contributed by atoms with Gasteiger partial charge in [0.25, 0.3) is 0 Å². The SMILES string of the molecule is CC(Cc1ccccc1)NCCNCCNC(C)Cc1ccccc1. The van der Waals surface area contributed by atoms with Gasteiger partial charge in [-0.25, -0.2) is 0 Å². The Balaban J connectivity index is 1.45. The number of rotatable bonds is 12. The van der Waals surface area contributed by atoms with Crippen LogP contribution in [0.2, 0.25) is 0 Å². The van der Waals surface area contributed by atoms with Crippen molar-refractivity contribution < 1.29 is 0 Å². The van der Waals surface area contributed by atoms with Gasteiger partial charge in [-0.3, -0.25) is 0 Å². The molecule has 0 heterocycles. The fourth-order valence-electron chi connectivity index (χ4n) is 3.02. The molecule has 2 aromatic rings. The Labute approximate surface area is 153 Å². The quantitative estimate of drug-likeness (QED) is 0.520. The summed E-state index contributed by atoms with van der Waals surface area (Å²) in [6.07, 6.45) is 2.17. The van der Waals surface area contributed by atoms with Gasteiger partial charge in [0.15, 0.2) is 0 Å². The maximum absolute atomic E-state index is 3.58. The van der Waals surface area contributed by atoms with Crippen molar-refractivity contribution in [2.45, 2.75) is 38.8 Å². The van der Waals surface area contributed by atoms with Crippen molar-refractivity contribution in [3.05, 3.63) is 71.8 Å². The van der Waals surface area contributed by atoms with Gasteiger partial charge >= 0.3 is 0 Å². The van der Waals surface area contributed by atoms with E-state index in [1.165, 1.54) is 11.1 Å². The molecule has 25 heavy (non-hydrogen) atoms. The van der Waals surface area contributed by atoms with Crippen LogP contribution >= 0.6 is 0 Å². The van der Waals surface area contributed by atoms with E-state index >= 15 is 0 Å². The summed E-state index contributed by atoms with van der Waals surface area (Å²) in [5, 5.41) is 10.7. The highest BCUT2D eigenvalue weighted by Crippen LogP contribution is 2.03. The number of benzene rings is 2. The van der Waals surface area contributed by atoms with Crippen molar-refractivity contribution in [3.63, 3.8) is 0 Å². The van der Waals surface area contributed by atoms with Crippen molar-refractivity contribution >= 4 is 0 Å². The molecule has 0 fully saturated rings. The van der Waals surface area contributed by atoms with E-state index in [0.717, 1.165) is 39.0 Å².